The molecule has 0 bridgehead atoms. The Kier molecular flexibility index (Phi) is 6.00. The van der Waals surface area contributed by atoms with Crippen LogP contribution in [-0.2, 0) is 16.4 Å². The Balaban J connectivity index is 0.00000192. The molecule has 2 unspecified atom stereocenters. The number of sulfonamides is 1. The molecule has 0 aliphatic carbocycles. The van der Waals surface area contributed by atoms with Crippen molar-refractivity contribution in [1.29, 1.82) is 0 Å². The van der Waals surface area contributed by atoms with E-state index >= 15 is 0 Å². The van der Waals surface area contributed by atoms with E-state index in [4.69, 9.17) is 10.5 Å². The van der Waals surface area contributed by atoms with Crippen molar-refractivity contribution in [1.82, 2.24) is 4.31 Å². The highest BCUT2D eigenvalue weighted by atomic mass is 79.9. The molecule has 1 saturated heterocycles. The first kappa shape index (κ1) is 19.0. The fourth-order valence-corrected chi connectivity index (χ4v) is 5.58. The van der Waals surface area contributed by atoms with Crippen LogP contribution in [0.4, 0.5) is 0 Å². The van der Waals surface area contributed by atoms with Crippen LogP contribution < -0.4 is 10.5 Å². The molecule has 8 heteroatoms. The molecule has 2 N–H and O–H groups in total. The fourth-order valence-electron chi connectivity index (χ4n) is 3.19. The minimum Gasteiger partial charge on any atom is -0.492 e. The normalized spacial score (nSPS) is 22.8. The summed E-state index contributed by atoms with van der Waals surface area (Å²) in [6.07, 6.45) is 2.58. The average molecular weight is 426 g/mol. The number of benzene rings is 1. The third-order valence-electron chi connectivity index (χ3n) is 4.50. The van der Waals surface area contributed by atoms with Crippen LogP contribution >= 0.6 is 28.3 Å². The summed E-state index contributed by atoms with van der Waals surface area (Å²) in [6.45, 7) is 3.52. The molecular formula is C15H22BrClN2O3S. The molecule has 1 fully saturated rings. The number of ether oxygens (including phenoxy) is 1. The molecule has 2 atom stereocenters. The monoisotopic (exact) mass is 424 g/mol. The number of fused-ring (bicyclic) bond motifs is 1. The van der Waals surface area contributed by atoms with Crippen molar-refractivity contribution in [3.63, 3.8) is 0 Å². The molecule has 2 aliphatic rings. The SMILES string of the molecule is CC(N)C1CCCN(S(=O)(=O)c2cc(Br)cc3c2OCC3)C1.Cl. The van der Waals surface area contributed by atoms with E-state index in [1.165, 1.54) is 0 Å². The lowest BCUT2D eigenvalue weighted by Crippen LogP contribution is -2.45. The molecule has 0 amide bonds. The van der Waals surface area contributed by atoms with Crippen LogP contribution in [0.25, 0.3) is 0 Å². The van der Waals surface area contributed by atoms with Gasteiger partial charge in [0.1, 0.15) is 10.6 Å². The summed E-state index contributed by atoms with van der Waals surface area (Å²) >= 11 is 3.41. The summed E-state index contributed by atoms with van der Waals surface area (Å²) in [5.74, 6) is 0.732. The summed E-state index contributed by atoms with van der Waals surface area (Å²) in [5, 5.41) is 0. The Labute approximate surface area is 152 Å². The Hall–Kier alpha value is -0.340. The van der Waals surface area contributed by atoms with Crippen LogP contribution in [-0.4, -0.2) is 38.5 Å². The third-order valence-corrected chi connectivity index (χ3v) is 6.82. The van der Waals surface area contributed by atoms with E-state index in [9.17, 15) is 8.42 Å². The lowest BCUT2D eigenvalue weighted by molar-refractivity contribution is 0.242. The van der Waals surface area contributed by atoms with Gasteiger partial charge in [-0.15, -0.1) is 12.4 Å². The molecule has 130 valence electrons. The Bertz CT molecular complexity index is 682. The molecule has 0 radical (unpaired) electrons. The second-order valence-electron chi connectivity index (χ2n) is 6.12. The lowest BCUT2D eigenvalue weighted by atomic mass is 9.93. The summed E-state index contributed by atoms with van der Waals surface area (Å²) in [7, 11) is -3.55. The van der Waals surface area contributed by atoms with Crippen LogP contribution in [0, 0.1) is 5.92 Å². The van der Waals surface area contributed by atoms with Gasteiger partial charge >= 0.3 is 0 Å². The third kappa shape index (κ3) is 3.69. The number of piperidine rings is 1. The van der Waals surface area contributed by atoms with Crippen LogP contribution in [0.5, 0.6) is 5.75 Å². The van der Waals surface area contributed by atoms with E-state index in [2.05, 4.69) is 15.9 Å². The molecule has 3 rings (SSSR count). The minimum atomic E-state index is -3.55. The van der Waals surface area contributed by atoms with Gasteiger partial charge in [-0.1, -0.05) is 15.9 Å². The molecule has 2 aliphatic heterocycles. The molecule has 0 aromatic heterocycles. The van der Waals surface area contributed by atoms with Gasteiger partial charge in [-0.25, -0.2) is 8.42 Å². The van der Waals surface area contributed by atoms with E-state index in [0.29, 0.717) is 25.4 Å². The van der Waals surface area contributed by atoms with E-state index in [0.717, 1.165) is 29.3 Å². The van der Waals surface area contributed by atoms with Crippen LogP contribution in [0.3, 0.4) is 0 Å². The van der Waals surface area contributed by atoms with Gasteiger partial charge in [-0.05, 0) is 37.8 Å². The standard InChI is InChI=1S/C15H21BrN2O3S.ClH/c1-10(17)12-3-2-5-18(9-12)22(19,20)14-8-13(16)7-11-4-6-21-15(11)14;/h7-8,10,12H,2-6,9,17H2,1H3;1H. The van der Waals surface area contributed by atoms with Crippen molar-refractivity contribution in [3.05, 3.63) is 22.2 Å². The van der Waals surface area contributed by atoms with Crippen LogP contribution in [0.15, 0.2) is 21.5 Å². The van der Waals surface area contributed by atoms with Gasteiger partial charge in [0.05, 0.1) is 6.61 Å². The zero-order valence-corrected chi connectivity index (χ0v) is 16.2. The van der Waals surface area contributed by atoms with Gasteiger partial charge in [0.25, 0.3) is 0 Å². The van der Waals surface area contributed by atoms with Gasteiger partial charge in [0, 0.05) is 35.6 Å². The summed E-state index contributed by atoms with van der Waals surface area (Å²) in [4.78, 5) is 0.277. The largest absolute Gasteiger partial charge is 0.492 e. The Morgan fingerprint density at radius 2 is 2.17 bits per heavy atom. The zero-order chi connectivity index (χ0) is 15.9. The predicted octanol–water partition coefficient (Wildman–Crippen LogP) is 2.55. The first-order valence-electron chi connectivity index (χ1n) is 7.60. The van der Waals surface area contributed by atoms with E-state index in [-0.39, 0.29) is 29.3 Å². The molecule has 5 nitrogen and oxygen atoms in total. The van der Waals surface area contributed by atoms with Crippen molar-refractivity contribution < 1.29 is 13.2 Å². The second-order valence-corrected chi connectivity index (χ2v) is 8.94. The maximum Gasteiger partial charge on any atom is 0.246 e. The second kappa shape index (κ2) is 7.27. The van der Waals surface area contributed by atoms with Gasteiger partial charge in [0.15, 0.2) is 0 Å². The number of nitrogens with two attached hydrogens (primary N) is 1. The number of nitrogens with zero attached hydrogens (tertiary/aromatic N) is 1. The maximum absolute atomic E-state index is 13.1. The highest BCUT2D eigenvalue weighted by Crippen LogP contribution is 2.38. The molecular weight excluding hydrogens is 404 g/mol. The summed E-state index contributed by atoms with van der Waals surface area (Å²) in [5.41, 5.74) is 6.92. The molecule has 23 heavy (non-hydrogen) atoms. The van der Waals surface area contributed by atoms with Gasteiger partial charge in [-0.3, -0.25) is 0 Å². The average Bonchev–Trinajstić information content (AvgIpc) is 2.94. The fraction of sp³-hybridized carbons (Fsp3) is 0.600. The first-order valence-corrected chi connectivity index (χ1v) is 9.84. The maximum atomic E-state index is 13.1. The van der Waals surface area contributed by atoms with E-state index < -0.39 is 10.0 Å². The lowest BCUT2D eigenvalue weighted by Gasteiger charge is -2.34. The van der Waals surface area contributed by atoms with Crippen molar-refractivity contribution in [3.8, 4) is 5.75 Å². The Morgan fingerprint density at radius 1 is 1.43 bits per heavy atom. The van der Waals surface area contributed by atoms with Crippen molar-refractivity contribution in [2.24, 2.45) is 11.7 Å². The number of hydrogen-bond donors (Lipinski definition) is 1. The molecule has 1 aromatic carbocycles. The topological polar surface area (TPSA) is 72.6 Å². The predicted molar refractivity (Wildman–Crippen MR) is 95.7 cm³/mol. The van der Waals surface area contributed by atoms with E-state index in [1.54, 1.807) is 10.4 Å². The van der Waals surface area contributed by atoms with E-state index in [1.807, 2.05) is 13.0 Å². The smallest absolute Gasteiger partial charge is 0.246 e. The van der Waals surface area contributed by atoms with Crippen LogP contribution in [0.2, 0.25) is 0 Å². The molecule has 1 aromatic rings. The molecule has 2 heterocycles. The summed E-state index contributed by atoms with van der Waals surface area (Å²) in [6, 6.07) is 3.58. The summed E-state index contributed by atoms with van der Waals surface area (Å²) < 4.78 is 34.0. The van der Waals surface area contributed by atoms with Crippen molar-refractivity contribution in [2.75, 3.05) is 19.7 Å². The number of rotatable bonds is 3. The number of hydrogen-bond acceptors (Lipinski definition) is 4. The van der Waals surface area contributed by atoms with Crippen molar-refractivity contribution >= 4 is 38.4 Å². The van der Waals surface area contributed by atoms with Gasteiger partial charge < -0.3 is 10.5 Å². The van der Waals surface area contributed by atoms with Crippen molar-refractivity contribution in [2.45, 2.75) is 37.1 Å². The first-order chi connectivity index (χ1) is 10.4. The Morgan fingerprint density at radius 3 is 2.87 bits per heavy atom. The van der Waals surface area contributed by atoms with Gasteiger partial charge in [-0.2, -0.15) is 4.31 Å². The highest BCUT2D eigenvalue weighted by Gasteiger charge is 2.35. The number of halogens is 2. The van der Waals surface area contributed by atoms with Gasteiger partial charge in [0.2, 0.25) is 10.0 Å². The zero-order valence-electron chi connectivity index (χ0n) is 13.0. The highest BCUT2D eigenvalue weighted by molar-refractivity contribution is 9.10. The quantitative estimate of drug-likeness (QED) is 0.808. The molecule has 0 spiro atoms. The molecule has 0 saturated carbocycles. The minimum absolute atomic E-state index is 0. The van der Waals surface area contributed by atoms with Crippen LogP contribution in [0.1, 0.15) is 25.3 Å².